The van der Waals surface area contributed by atoms with Crippen molar-refractivity contribution in [2.45, 2.75) is 64.2 Å². The molecule has 1 saturated carbocycles. The molecule has 1 aromatic rings. The first-order valence-electron chi connectivity index (χ1n) is 6.66. The fourth-order valence-electron chi connectivity index (χ4n) is 2.56. The fourth-order valence-corrected chi connectivity index (χ4v) is 2.56. The number of hydrogen-bond acceptors (Lipinski definition) is 2. The molecule has 2 rings (SSSR count). The van der Waals surface area contributed by atoms with E-state index in [0.717, 1.165) is 11.5 Å². The molecule has 0 saturated heterocycles. The molecule has 2 nitrogen and oxygen atoms in total. The minimum Gasteiger partial charge on any atom is -0.241 e. The smallest absolute Gasteiger partial charge is 0.131 e. The highest BCUT2D eigenvalue weighted by Gasteiger charge is 2.15. The molecule has 1 aromatic heterocycles. The molecule has 0 atom stereocenters. The van der Waals surface area contributed by atoms with Crippen molar-refractivity contribution in [1.82, 2.24) is 9.97 Å². The normalized spacial score (nSPS) is 19.8. The molecule has 0 N–H and O–H groups in total. The second-order valence-electron chi connectivity index (χ2n) is 4.95. The molecule has 0 amide bonds. The van der Waals surface area contributed by atoms with Crippen LogP contribution in [-0.2, 0) is 0 Å². The average Bonchev–Trinajstić information content (AvgIpc) is 2.42. The van der Waals surface area contributed by atoms with Gasteiger partial charge >= 0.3 is 0 Å². The summed E-state index contributed by atoms with van der Waals surface area (Å²) < 4.78 is 0. The van der Waals surface area contributed by atoms with E-state index in [4.69, 9.17) is 0 Å². The first kappa shape index (κ1) is 11.6. The van der Waals surface area contributed by atoms with E-state index in [1.165, 1.54) is 51.4 Å². The number of rotatable bonds is 1. The maximum atomic E-state index is 4.59. The van der Waals surface area contributed by atoms with E-state index >= 15 is 0 Å². The first-order valence-corrected chi connectivity index (χ1v) is 6.66. The van der Waals surface area contributed by atoms with E-state index in [2.05, 4.69) is 16.9 Å². The number of aryl methyl sites for hydroxylation is 1. The Hall–Kier alpha value is -0.920. The van der Waals surface area contributed by atoms with Crippen molar-refractivity contribution in [2.24, 2.45) is 0 Å². The van der Waals surface area contributed by atoms with Crippen LogP contribution in [0.25, 0.3) is 0 Å². The van der Waals surface area contributed by atoms with E-state index in [-0.39, 0.29) is 0 Å². The van der Waals surface area contributed by atoms with Crippen LogP contribution in [0.4, 0.5) is 0 Å². The van der Waals surface area contributed by atoms with Crippen molar-refractivity contribution in [1.29, 1.82) is 0 Å². The zero-order valence-corrected chi connectivity index (χ0v) is 10.3. The highest BCUT2D eigenvalue weighted by molar-refractivity contribution is 5.04. The molecular weight excluding hydrogens is 196 g/mol. The van der Waals surface area contributed by atoms with Crippen LogP contribution in [0.5, 0.6) is 0 Å². The standard InChI is InChI=1S/C14H22N2/c1-12-10-11-15-14(16-12)13-8-6-4-2-3-5-7-9-13/h10-11,13H,2-9H2,1H3. The third-order valence-electron chi connectivity index (χ3n) is 3.53. The Morgan fingerprint density at radius 2 is 1.62 bits per heavy atom. The molecular formula is C14H22N2. The van der Waals surface area contributed by atoms with Gasteiger partial charge in [0.05, 0.1) is 0 Å². The van der Waals surface area contributed by atoms with Gasteiger partial charge in [-0.15, -0.1) is 0 Å². The summed E-state index contributed by atoms with van der Waals surface area (Å²) in [5.74, 6) is 1.69. The molecule has 0 aliphatic heterocycles. The van der Waals surface area contributed by atoms with Crippen molar-refractivity contribution in [3.05, 3.63) is 23.8 Å². The van der Waals surface area contributed by atoms with Gasteiger partial charge in [-0.3, -0.25) is 0 Å². The zero-order valence-electron chi connectivity index (χ0n) is 10.3. The molecule has 1 heterocycles. The molecule has 0 radical (unpaired) electrons. The lowest BCUT2D eigenvalue weighted by Crippen LogP contribution is -2.05. The second kappa shape index (κ2) is 5.97. The van der Waals surface area contributed by atoms with Gasteiger partial charge in [0.1, 0.15) is 5.82 Å². The quantitative estimate of drug-likeness (QED) is 0.712. The van der Waals surface area contributed by atoms with Crippen LogP contribution in [0.2, 0.25) is 0 Å². The topological polar surface area (TPSA) is 25.8 Å². The number of nitrogens with zero attached hydrogens (tertiary/aromatic N) is 2. The monoisotopic (exact) mass is 218 g/mol. The van der Waals surface area contributed by atoms with Crippen LogP contribution in [0.1, 0.15) is 68.8 Å². The third kappa shape index (κ3) is 3.29. The van der Waals surface area contributed by atoms with E-state index in [9.17, 15) is 0 Å². The van der Waals surface area contributed by atoms with E-state index in [0.29, 0.717) is 5.92 Å². The van der Waals surface area contributed by atoms with E-state index in [1.54, 1.807) is 0 Å². The Morgan fingerprint density at radius 1 is 1.00 bits per heavy atom. The van der Waals surface area contributed by atoms with Crippen LogP contribution in [-0.4, -0.2) is 9.97 Å². The van der Waals surface area contributed by atoms with E-state index in [1.807, 2.05) is 12.3 Å². The van der Waals surface area contributed by atoms with Gasteiger partial charge in [0.15, 0.2) is 0 Å². The molecule has 2 heteroatoms. The van der Waals surface area contributed by atoms with Crippen LogP contribution >= 0.6 is 0 Å². The van der Waals surface area contributed by atoms with Crippen molar-refractivity contribution < 1.29 is 0 Å². The van der Waals surface area contributed by atoms with Gasteiger partial charge < -0.3 is 0 Å². The van der Waals surface area contributed by atoms with Gasteiger partial charge in [0.2, 0.25) is 0 Å². The lowest BCUT2D eigenvalue weighted by molar-refractivity contribution is 0.514. The molecule has 0 spiro atoms. The predicted octanol–water partition coefficient (Wildman–Crippen LogP) is 4.00. The largest absolute Gasteiger partial charge is 0.241 e. The highest BCUT2D eigenvalue weighted by Crippen LogP contribution is 2.28. The first-order chi connectivity index (χ1) is 7.86. The van der Waals surface area contributed by atoms with Gasteiger partial charge in [0.25, 0.3) is 0 Å². The van der Waals surface area contributed by atoms with Gasteiger partial charge in [-0.1, -0.05) is 38.5 Å². The summed E-state index contributed by atoms with van der Waals surface area (Å²) >= 11 is 0. The summed E-state index contributed by atoms with van der Waals surface area (Å²) in [7, 11) is 0. The Kier molecular flexibility index (Phi) is 4.32. The highest BCUT2D eigenvalue weighted by atomic mass is 14.9. The lowest BCUT2D eigenvalue weighted by atomic mass is 9.96. The second-order valence-corrected chi connectivity index (χ2v) is 4.95. The van der Waals surface area contributed by atoms with Crippen LogP contribution in [0, 0.1) is 6.92 Å². The molecule has 88 valence electrons. The molecule has 16 heavy (non-hydrogen) atoms. The van der Waals surface area contributed by atoms with Crippen molar-refractivity contribution in [3.63, 3.8) is 0 Å². The minimum absolute atomic E-state index is 0.609. The summed E-state index contributed by atoms with van der Waals surface area (Å²) in [6.45, 7) is 2.06. The predicted molar refractivity (Wildman–Crippen MR) is 66.4 cm³/mol. The van der Waals surface area contributed by atoms with Crippen LogP contribution in [0.15, 0.2) is 12.3 Å². The molecule has 0 unspecified atom stereocenters. The summed E-state index contributed by atoms with van der Waals surface area (Å²) in [6, 6.07) is 1.98. The molecule has 1 fully saturated rings. The Morgan fingerprint density at radius 3 is 2.25 bits per heavy atom. The van der Waals surface area contributed by atoms with Crippen molar-refractivity contribution >= 4 is 0 Å². The Labute approximate surface area is 98.5 Å². The lowest BCUT2D eigenvalue weighted by Gasteiger charge is -2.14. The SMILES string of the molecule is Cc1ccnc(C2CCCCCCCC2)n1. The van der Waals surface area contributed by atoms with Gasteiger partial charge in [0, 0.05) is 17.8 Å². The molecule has 0 aromatic carbocycles. The Bertz CT molecular complexity index is 312. The third-order valence-corrected chi connectivity index (χ3v) is 3.53. The van der Waals surface area contributed by atoms with Crippen LogP contribution < -0.4 is 0 Å². The average molecular weight is 218 g/mol. The summed E-state index contributed by atoms with van der Waals surface area (Å²) in [4.78, 5) is 9.04. The number of hydrogen-bond donors (Lipinski definition) is 0. The van der Waals surface area contributed by atoms with Crippen molar-refractivity contribution in [3.8, 4) is 0 Å². The molecule has 1 aliphatic carbocycles. The summed E-state index contributed by atoms with van der Waals surface area (Å²) in [6.07, 6.45) is 12.8. The Balaban J connectivity index is 2.04. The maximum Gasteiger partial charge on any atom is 0.131 e. The van der Waals surface area contributed by atoms with Gasteiger partial charge in [-0.2, -0.15) is 0 Å². The van der Waals surface area contributed by atoms with Gasteiger partial charge in [-0.05, 0) is 25.8 Å². The summed E-state index contributed by atoms with van der Waals surface area (Å²) in [5, 5.41) is 0. The van der Waals surface area contributed by atoms with E-state index < -0.39 is 0 Å². The summed E-state index contributed by atoms with van der Waals surface area (Å²) in [5.41, 5.74) is 1.10. The van der Waals surface area contributed by atoms with Crippen molar-refractivity contribution in [2.75, 3.05) is 0 Å². The number of aromatic nitrogens is 2. The zero-order chi connectivity index (χ0) is 11.2. The fraction of sp³-hybridized carbons (Fsp3) is 0.714. The van der Waals surface area contributed by atoms with Crippen LogP contribution in [0.3, 0.4) is 0 Å². The maximum absolute atomic E-state index is 4.59. The molecule has 1 aliphatic rings. The molecule has 0 bridgehead atoms. The minimum atomic E-state index is 0.609. The van der Waals surface area contributed by atoms with Gasteiger partial charge in [-0.25, -0.2) is 9.97 Å².